The quantitative estimate of drug-likeness (QED) is 0.534. The van der Waals surface area contributed by atoms with Crippen LogP contribution in [0.1, 0.15) is 27.2 Å². The Kier molecular flexibility index (Phi) is 9.75. The topological polar surface area (TPSA) is 93.1 Å². The molecule has 1 atom stereocenters. The zero-order valence-corrected chi connectivity index (χ0v) is 12.6. The average Bonchev–Trinajstić information content (AvgIpc) is 2.44. The van der Waals surface area contributed by atoms with Gasteiger partial charge < -0.3 is 25.3 Å². The Morgan fingerprint density at radius 2 is 1.70 bits per heavy atom. The second-order valence-electron chi connectivity index (χ2n) is 4.48. The molecule has 0 aliphatic rings. The standard InChI is InChI=1S/C13H27N3O4/c1-4-15(5-2)8-7-9-16(6-3)13(20)14-11(10-17)12(18)19/h11,17H,4-10H2,1-3H3,(H,14,20)(H,18,19). The lowest BCUT2D eigenvalue weighted by molar-refractivity contribution is -0.140. The lowest BCUT2D eigenvalue weighted by Gasteiger charge is -2.25. The summed E-state index contributed by atoms with van der Waals surface area (Å²) < 4.78 is 0. The highest BCUT2D eigenvalue weighted by Crippen LogP contribution is 1.97. The van der Waals surface area contributed by atoms with E-state index in [9.17, 15) is 9.59 Å². The molecule has 0 aliphatic heterocycles. The van der Waals surface area contributed by atoms with Crippen LogP contribution in [0.25, 0.3) is 0 Å². The maximum Gasteiger partial charge on any atom is 0.328 e. The van der Waals surface area contributed by atoms with Crippen LogP contribution in [-0.4, -0.2) is 77.4 Å². The van der Waals surface area contributed by atoms with Crippen LogP contribution in [0.4, 0.5) is 4.79 Å². The number of hydrogen-bond acceptors (Lipinski definition) is 4. The zero-order valence-electron chi connectivity index (χ0n) is 12.6. The van der Waals surface area contributed by atoms with Crippen LogP contribution < -0.4 is 5.32 Å². The highest BCUT2D eigenvalue weighted by Gasteiger charge is 2.21. The largest absolute Gasteiger partial charge is 0.480 e. The first-order valence-corrected chi connectivity index (χ1v) is 7.11. The molecule has 2 amide bonds. The Hall–Kier alpha value is -1.34. The molecule has 0 spiro atoms. The molecule has 7 heteroatoms. The molecular weight excluding hydrogens is 262 g/mol. The number of urea groups is 1. The SMILES string of the molecule is CCN(CC)CCCN(CC)C(=O)NC(CO)C(=O)O. The molecular formula is C13H27N3O4. The third-order valence-corrected chi connectivity index (χ3v) is 3.24. The van der Waals surface area contributed by atoms with Gasteiger partial charge in [0.15, 0.2) is 6.04 Å². The monoisotopic (exact) mass is 289 g/mol. The predicted molar refractivity (Wildman–Crippen MR) is 76.7 cm³/mol. The highest BCUT2D eigenvalue weighted by molar-refractivity contribution is 5.82. The molecule has 7 nitrogen and oxygen atoms in total. The summed E-state index contributed by atoms with van der Waals surface area (Å²) in [6.45, 7) is 9.32. The summed E-state index contributed by atoms with van der Waals surface area (Å²) in [4.78, 5) is 26.5. The van der Waals surface area contributed by atoms with E-state index in [4.69, 9.17) is 10.2 Å². The fourth-order valence-electron chi connectivity index (χ4n) is 1.85. The molecule has 118 valence electrons. The van der Waals surface area contributed by atoms with E-state index in [1.807, 2.05) is 6.92 Å². The summed E-state index contributed by atoms with van der Waals surface area (Å²) in [6.07, 6.45) is 0.833. The van der Waals surface area contributed by atoms with Crippen molar-refractivity contribution in [1.29, 1.82) is 0 Å². The van der Waals surface area contributed by atoms with Crippen LogP contribution in [-0.2, 0) is 4.79 Å². The summed E-state index contributed by atoms with van der Waals surface area (Å²) in [5, 5.41) is 20.0. The number of aliphatic carboxylic acids is 1. The van der Waals surface area contributed by atoms with Crippen LogP contribution in [0.3, 0.4) is 0 Å². The van der Waals surface area contributed by atoms with Gasteiger partial charge >= 0.3 is 12.0 Å². The highest BCUT2D eigenvalue weighted by atomic mass is 16.4. The summed E-state index contributed by atoms with van der Waals surface area (Å²) in [5.41, 5.74) is 0. The van der Waals surface area contributed by atoms with Crippen LogP contribution >= 0.6 is 0 Å². The third kappa shape index (κ3) is 6.72. The number of aliphatic hydroxyl groups excluding tert-OH is 1. The van der Waals surface area contributed by atoms with Crippen molar-refractivity contribution in [3.05, 3.63) is 0 Å². The fraction of sp³-hybridized carbons (Fsp3) is 0.846. The summed E-state index contributed by atoms with van der Waals surface area (Å²) in [5.74, 6) is -1.24. The van der Waals surface area contributed by atoms with Crippen molar-refractivity contribution >= 4 is 12.0 Å². The van der Waals surface area contributed by atoms with Crippen LogP contribution in [0, 0.1) is 0 Å². The minimum absolute atomic E-state index is 0.450. The second kappa shape index (κ2) is 10.4. The van der Waals surface area contributed by atoms with E-state index in [-0.39, 0.29) is 0 Å². The van der Waals surface area contributed by atoms with Gasteiger partial charge in [-0.15, -0.1) is 0 Å². The van der Waals surface area contributed by atoms with Crippen molar-refractivity contribution in [2.45, 2.75) is 33.2 Å². The van der Waals surface area contributed by atoms with Gasteiger partial charge in [-0.25, -0.2) is 9.59 Å². The normalized spacial score (nSPS) is 12.2. The van der Waals surface area contributed by atoms with E-state index < -0.39 is 24.6 Å². The Bertz CT molecular complexity index is 295. The van der Waals surface area contributed by atoms with Crippen molar-refractivity contribution < 1.29 is 19.8 Å². The van der Waals surface area contributed by atoms with Crippen molar-refractivity contribution in [3.63, 3.8) is 0 Å². The van der Waals surface area contributed by atoms with Gasteiger partial charge in [0.05, 0.1) is 6.61 Å². The smallest absolute Gasteiger partial charge is 0.328 e. The molecule has 0 fully saturated rings. The summed E-state index contributed by atoms with van der Waals surface area (Å²) in [6, 6.07) is -1.70. The van der Waals surface area contributed by atoms with E-state index >= 15 is 0 Å². The van der Waals surface area contributed by atoms with Gasteiger partial charge in [0.1, 0.15) is 0 Å². The lowest BCUT2D eigenvalue weighted by Crippen LogP contribution is -2.50. The molecule has 0 rings (SSSR count). The molecule has 0 aliphatic carbocycles. The van der Waals surface area contributed by atoms with Gasteiger partial charge in [-0.3, -0.25) is 0 Å². The number of carbonyl (C=O) groups is 2. The number of carboxylic acid groups (broad SMARTS) is 1. The predicted octanol–water partition coefficient (Wildman–Crippen LogP) is 0.195. The Morgan fingerprint density at radius 1 is 1.10 bits per heavy atom. The number of nitrogens with one attached hydrogen (secondary N) is 1. The summed E-state index contributed by atoms with van der Waals surface area (Å²) >= 11 is 0. The molecule has 1 unspecified atom stereocenters. The molecule has 0 heterocycles. The van der Waals surface area contributed by atoms with Crippen LogP contribution in [0.5, 0.6) is 0 Å². The molecule has 0 bridgehead atoms. The maximum atomic E-state index is 11.9. The molecule has 0 saturated carbocycles. The van der Waals surface area contributed by atoms with Crippen molar-refractivity contribution in [1.82, 2.24) is 15.1 Å². The van der Waals surface area contributed by atoms with Crippen molar-refractivity contribution in [2.24, 2.45) is 0 Å². The third-order valence-electron chi connectivity index (χ3n) is 3.24. The van der Waals surface area contributed by atoms with Gasteiger partial charge in [-0.2, -0.15) is 0 Å². The Morgan fingerprint density at radius 3 is 2.10 bits per heavy atom. The van der Waals surface area contributed by atoms with E-state index in [0.29, 0.717) is 13.1 Å². The molecule has 0 aromatic heterocycles. The van der Waals surface area contributed by atoms with Gasteiger partial charge in [0.2, 0.25) is 0 Å². The van der Waals surface area contributed by atoms with E-state index in [1.165, 1.54) is 0 Å². The first kappa shape index (κ1) is 18.7. The molecule has 20 heavy (non-hydrogen) atoms. The van der Waals surface area contributed by atoms with E-state index in [1.54, 1.807) is 4.90 Å². The van der Waals surface area contributed by atoms with Gasteiger partial charge in [0, 0.05) is 13.1 Å². The fourth-order valence-corrected chi connectivity index (χ4v) is 1.85. The van der Waals surface area contributed by atoms with Crippen LogP contribution in [0.2, 0.25) is 0 Å². The minimum atomic E-state index is -1.25. The number of aliphatic hydroxyl groups is 1. The van der Waals surface area contributed by atoms with Crippen LogP contribution in [0.15, 0.2) is 0 Å². The van der Waals surface area contributed by atoms with Gasteiger partial charge in [-0.05, 0) is 33.0 Å². The van der Waals surface area contributed by atoms with E-state index in [2.05, 4.69) is 24.1 Å². The first-order chi connectivity index (χ1) is 9.49. The molecule has 0 radical (unpaired) electrons. The molecule has 3 N–H and O–H groups in total. The molecule has 0 aromatic rings. The van der Waals surface area contributed by atoms with Crippen molar-refractivity contribution in [3.8, 4) is 0 Å². The van der Waals surface area contributed by atoms with E-state index in [0.717, 1.165) is 26.1 Å². The number of hydrogen-bond donors (Lipinski definition) is 3. The second-order valence-corrected chi connectivity index (χ2v) is 4.48. The maximum absolute atomic E-state index is 11.9. The first-order valence-electron chi connectivity index (χ1n) is 7.11. The lowest BCUT2D eigenvalue weighted by atomic mass is 10.3. The Balaban J connectivity index is 4.24. The zero-order chi connectivity index (χ0) is 15.5. The number of amides is 2. The van der Waals surface area contributed by atoms with Gasteiger partial charge in [-0.1, -0.05) is 13.8 Å². The summed E-state index contributed by atoms with van der Waals surface area (Å²) in [7, 11) is 0. The number of rotatable bonds is 10. The molecule has 0 saturated heterocycles. The molecule has 0 aromatic carbocycles. The minimum Gasteiger partial charge on any atom is -0.480 e. The average molecular weight is 289 g/mol. The van der Waals surface area contributed by atoms with Gasteiger partial charge in [0.25, 0.3) is 0 Å². The number of nitrogens with zero attached hydrogens (tertiary/aromatic N) is 2. The number of carboxylic acids is 1. The number of carbonyl (C=O) groups excluding carboxylic acids is 1. The van der Waals surface area contributed by atoms with Crippen molar-refractivity contribution in [2.75, 3.05) is 39.3 Å². The Labute approximate surface area is 120 Å².